The Balaban J connectivity index is 1.93. The number of nitro groups is 1. The Bertz CT molecular complexity index is 648. The lowest BCUT2D eigenvalue weighted by Crippen LogP contribution is -2.16. The summed E-state index contributed by atoms with van der Waals surface area (Å²) >= 11 is 0. The van der Waals surface area contributed by atoms with E-state index in [1.54, 1.807) is 18.4 Å². The van der Waals surface area contributed by atoms with Crippen LogP contribution in [-0.2, 0) is 6.42 Å². The van der Waals surface area contributed by atoms with E-state index in [1.165, 1.54) is 0 Å². The third-order valence-electron chi connectivity index (χ3n) is 3.73. The molecule has 0 aliphatic heterocycles. The SMILES string of the molecule is Cc1ccc([N+](=O)[O-])c(NC2CCCc3occc32)c1. The number of rotatable bonds is 3. The zero-order chi connectivity index (χ0) is 14.1. The van der Waals surface area contributed by atoms with Crippen molar-refractivity contribution in [2.45, 2.75) is 32.2 Å². The Morgan fingerprint density at radius 3 is 3.05 bits per heavy atom. The first-order valence-electron chi connectivity index (χ1n) is 6.73. The van der Waals surface area contributed by atoms with Crippen molar-refractivity contribution in [1.82, 2.24) is 0 Å². The van der Waals surface area contributed by atoms with E-state index in [1.807, 2.05) is 19.1 Å². The number of aryl methyl sites for hydroxylation is 2. The molecule has 0 amide bonds. The number of nitro benzene ring substituents is 1. The van der Waals surface area contributed by atoms with Gasteiger partial charge in [-0.25, -0.2) is 0 Å². The minimum atomic E-state index is -0.346. The highest BCUT2D eigenvalue weighted by Crippen LogP contribution is 2.36. The van der Waals surface area contributed by atoms with E-state index in [0.717, 1.165) is 36.1 Å². The third-order valence-corrected chi connectivity index (χ3v) is 3.73. The average Bonchev–Trinajstić information content (AvgIpc) is 2.88. The molecule has 0 saturated carbocycles. The normalized spacial score (nSPS) is 17.6. The van der Waals surface area contributed by atoms with E-state index >= 15 is 0 Å². The van der Waals surface area contributed by atoms with E-state index in [9.17, 15) is 10.1 Å². The molecule has 1 aromatic carbocycles. The molecule has 0 spiro atoms. The summed E-state index contributed by atoms with van der Waals surface area (Å²) in [7, 11) is 0. The Kier molecular flexibility index (Phi) is 3.18. The van der Waals surface area contributed by atoms with Crippen molar-refractivity contribution in [2.24, 2.45) is 0 Å². The number of fused-ring (bicyclic) bond motifs is 1. The van der Waals surface area contributed by atoms with Crippen LogP contribution in [0.4, 0.5) is 11.4 Å². The highest BCUT2D eigenvalue weighted by atomic mass is 16.6. The Morgan fingerprint density at radius 2 is 2.25 bits per heavy atom. The first-order valence-corrected chi connectivity index (χ1v) is 6.73. The molecule has 1 heterocycles. The van der Waals surface area contributed by atoms with Crippen LogP contribution in [0.2, 0.25) is 0 Å². The Hall–Kier alpha value is -2.30. The summed E-state index contributed by atoms with van der Waals surface area (Å²) in [6.07, 6.45) is 4.61. The lowest BCUT2D eigenvalue weighted by molar-refractivity contribution is -0.384. The molecule has 0 bridgehead atoms. The van der Waals surface area contributed by atoms with Crippen LogP contribution in [0, 0.1) is 17.0 Å². The highest BCUT2D eigenvalue weighted by Gasteiger charge is 2.24. The van der Waals surface area contributed by atoms with Crippen molar-refractivity contribution in [3.8, 4) is 0 Å². The fourth-order valence-corrected chi connectivity index (χ4v) is 2.75. The van der Waals surface area contributed by atoms with Crippen molar-refractivity contribution < 1.29 is 9.34 Å². The number of anilines is 1. The molecule has 1 aromatic heterocycles. The molecule has 20 heavy (non-hydrogen) atoms. The molecule has 1 N–H and O–H groups in total. The molecule has 3 rings (SSSR count). The number of nitrogens with one attached hydrogen (secondary N) is 1. The van der Waals surface area contributed by atoms with Crippen LogP contribution < -0.4 is 5.32 Å². The zero-order valence-electron chi connectivity index (χ0n) is 11.3. The minimum absolute atomic E-state index is 0.0815. The molecule has 0 radical (unpaired) electrons. The maximum Gasteiger partial charge on any atom is 0.292 e. The standard InChI is InChI=1S/C15H16N2O3/c1-10-5-6-14(17(18)19)13(9-10)16-12-3-2-4-15-11(12)7-8-20-15/h5-9,12,16H,2-4H2,1H3. The van der Waals surface area contributed by atoms with Crippen LogP contribution in [0.3, 0.4) is 0 Å². The first-order chi connectivity index (χ1) is 9.65. The van der Waals surface area contributed by atoms with Crippen molar-refractivity contribution in [2.75, 3.05) is 5.32 Å². The number of benzene rings is 1. The molecular formula is C15H16N2O3. The van der Waals surface area contributed by atoms with Gasteiger partial charge in [0.15, 0.2) is 0 Å². The van der Waals surface area contributed by atoms with Gasteiger partial charge in [-0.15, -0.1) is 0 Å². The van der Waals surface area contributed by atoms with Crippen LogP contribution in [-0.4, -0.2) is 4.92 Å². The van der Waals surface area contributed by atoms with E-state index in [4.69, 9.17) is 4.42 Å². The maximum absolute atomic E-state index is 11.1. The minimum Gasteiger partial charge on any atom is -0.469 e. The van der Waals surface area contributed by atoms with Crippen molar-refractivity contribution in [1.29, 1.82) is 0 Å². The number of hydrogen-bond donors (Lipinski definition) is 1. The van der Waals surface area contributed by atoms with E-state index < -0.39 is 0 Å². The van der Waals surface area contributed by atoms with Gasteiger partial charge in [-0.3, -0.25) is 10.1 Å². The molecule has 1 aliphatic rings. The predicted octanol–water partition coefficient (Wildman–Crippen LogP) is 3.99. The van der Waals surface area contributed by atoms with Gasteiger partial charge < -0.3 is 9.73 Å². The second-order valence-corrected chi connectivity index (χ2v) is 5.17. The fourth-order valence-electron chi connectivity index (χ4n) is 2.75. The maximum atomic E-state index is 11.1. The summed E-state index contributed by atoms with van der Waals surface area (Å²) in [5.74, 6) is 0.990. The molecule has 0 saturated heterocycles. The van der Waals surface area contributed by atoms with Gasteiger partial charge in [0.1, 0.15) is 11.4 Å². The summed E-state index contributed by atoms with van der Waals surface area (Å²) in [5.41, 5.74) is 2.81. The summed E-state index contributed by atoms with van der Waals surface area (Å²) in [6, 6.07) is 7.17. The van der Waals surface area contributed by atoms with Gasteiger partial charge in [-0.05, 0) is 37.5 Å². The highest BCUT2D eigenvalue weighted by molar-refractivity contribution is 5.63. The molecule has 5 nitrogen and oxygen atoms in total. The molecule has 0 fully saturated rings. The lowest BCUT2D eigenvalue weighted by Gasteiger charge is -2.23. The van der Waals surface area contributed by atoms with E-state index in [-0.39, 0.29) is 16.7 Å². The van der Waals surface area contributed by atoms with E-state index in [2.05, 4.69) is 5.32 Å². The van der Waals surface area contributed by atoms with E-state index in [0.29, 0.717) is 5.69 Å². The summed E-state index contributed by atoms with van der Waals surface area (Å²) in [4.78, 5) is 10.8. The van der Waals surface area contributed by atoms with Crippen LogP contribution >= 0.6 is 0 Å². The van der Waals surface area contributed by atoms with Gasteiger partial charge in [0, 0.05) is 18.1 Å². The monoisotopic (exact) mass is 272 g/mol. The number of hydrogen-bond acceptors (Lipinski definition) is 4. The van der Waals surface area contributed by atoms with Gasteiger partial charge in [0.25, 0.3) is 5.69 Å². The quantitative estimate of drug-likeness (QED) is 0.677. The van der Waals surface area contributed by atoms with Gasteiger partial charge in [-0.1, -0.05) is 6.07 Å². The summed E-state index contributed by atoms with van der Waals surface area (Å²) in [6.45, 7) is 1.93. The second kappa shape index (κ2) is 5.00. The van der Waals surface area contributed by atoms with Crippen LogP contribution in [0.1, 0.15) is 35.8 Å². The van der Waals surface area contributed by atoms with Crippen LogP contribution in [0.15, 0.2) is 34.9 Å². The molecule has 1 aliphatic carbocycles. The fraction of sp³-hybridized carbons (Fsp3) is 0.333. The van der Waals surface area contributed by atoms with Gasteiger partial charge in [0.05, 0.1) is 17.2 Å². The Morgan fingerprint density at radius 1 is 1.40 bits per heavy atom. The molecule has 2 aromatic rings. The first kappa shape index (κ1) is 12.7. The van der Waals surface area contributed by atoms with Crippen LogP contribution in [0.25, 0.3) is 0 Å². The van der Waals surface area contributed by atoms with Gasteiger partial charge in [-0.2, -0.15) is 0 Å². The zero-order valence-corrected chi connectivity index (χ0v) is 11.3. The summed E-state index contributed by atoms with van der Waals surface area (Å²) < 4.78 is 5.45. The lowest BCUT2D eigenvalue weighted by atomic mass is 9.93. The number of furan rings is 1. The molecule has 104 valence electrons. The Labute approximate surface area is 116 Å². The second-order valence-electron chi connectivity index (χ2n) is 5.17. The molecular weight excluding hydrogens is 256 g/mol. The average molecular weight is 272 g/mol. The van der Waals surface area contributed by atoms with Crippen molar-refractivity contribution >= 4 is 11.4 Å². The van der Waals surface area contributed by atoms with Crippen LogP contribution in [0.5, 0.6) is 0 Å². The topological polar surface area (TPSA) is 68.3 Å². The summed E-state index contributed by atoms with van der Waals surface area (Å²) in [5, 5.41) is 14.4. The van der Waals surface area contributed by atoms with Gasteiger partial charge in [0.2, 0.25) is 0 Å². The largest absolute Gasteiger partial charge is 0.469 e. The third kappa shape index (κ3) is 2.27. The molecule has 1 unspecified atom stereocenters. The molecule has 1 atom stereocenters. The van der Waals surface area contributed by atoms with Crippen molar-refractivity contribution in [3.05, 3.63) is 57.5 Å². The molecule has 5 heteroatoms. The van der Waals surface area contributed by atoms with Gasteiger partial charge >= 0.3 is 0 Å². The smallest absolute Gasteiger partial charge is 0.292 e. The number of nitrogens with zero attached hydrogens (tertiary/aromatic N) is 1. The van der Waals surface area contributed by atoms with Crippen molar-refractivity contribution in [3.63, 3.8) is 0 Å². The predicted molar refractivity (Wildman–Crippen MR) is 75.8 cm³/mol.